The minimum absolute atomic E-state index is 0.0491. The van der Waals surface area contributed by atoms with Crippen LogP contribution in [0.5, 0.6) is 0 Å². The van der Waals surface area contributed by atoms with Gasteiger partial charge in [-0.1, -0.05) is 12.8 Å². The van der Waals surface area contributed by atoms with E-state index in [2.05, 4.69) is 10.2 Å². The normalized spacial score (nSPS) is 44.7. The van der Waals surface area contributed by atoms with Crippen LogP contribution in [-0.4, -0.2) is 46.8 Å². The van der Waals surface area contributed by atoms with Gasteiger partial charge >= 0.3 is 0 Å². The van der Waals surface area contributed by atoms with Crippen LogP contribution in [0.15, 0.2) is 0 Å². The van der Waals surface area contributed by atoms with Crippen LogP contribution in [0.3, 0.4) is 0 Å². The summed E-state index contributed by atoms with van der Waals surface area (Å²) in [5.41, 5.74) is 0.0491. The van der Waals surface area contributed by atoms with Crippen molar-refractivity contribution < 1.29 is 5.11 Å². The Bertz CT molecular complexity index is 368. The van der Waals surface area contributed by atoms with Crippen LogP contribution in [0.2, 0.25) is 0 Å². The Morgan fingerprint density at radius 1 is 1.00 bits per heavy atom. The number of nitrogens with zero attached hydrogens (tertiary/aromatic N) is 1. The summed E-state index contributed by atoms with van der Waals surface area (Å²) in [5.74, 6) is 0.980. The van der Waals surface area contributed by atoms with Crippen molar-refractivity contribution in [2.45, 2.75) is 94.3 Å². The second-order valence-electron chi connectivity index (χ2n) is 8.25. The molecule has 0 radical (unpaired) electrons. The highest BCUT2D eigenvalue weighted by atomic mass is 16.3. The Morgan fingerprint density at radius 3 is 2.62 bits per heavy atom. The lowest BCUT2D eigenvalue weighted by atomic mass is 9.77. The molecule has 120 valence electrons. The molecule has 3 heteroatoms. The monoisotopic (exact) mass is 292 g/mol. The number of aliphatic hydroxyl groups is 1. The zero-order valence-corrected chi connectivity index (χ0v) is 13.4. The number of fused-ring (bicyclic) bond motifs is 1. The van der Waals surface area contributed by atoms with Gasteiger partial charge in [0, 0.05) is 23.7 Å². The van der Waals surface area contributed by atoms with Gasteiger partial charge in [0.25, 0.3) is 0 Å². The highest BCUT2D eigenvalue weighted by molar-refractivity contribution is 5.04. The molecule has 4 fully saturated rings. The lowest BCUT2D eigenvalue weighted by Crippen LogP contribution is -2.53. The molecule has 4 rings (SSSR count). The largest absolute Gasteiger partial charge is 0.394 e. The Balaban J connectivity index is 1.43. The summed E-state index contributed by atoms with van der Waals surface area (Å²) in [5, 5.41) is 13.7. The van der Waals surface area contributed by atoms with Gasteiger partial charge in [-0.25, -0.2) is 0 Å². The highest BCUT2D eigenvalue weighted by Gasteiger charge is 2.46. The average molecular weight is 292 g/mol. The predicted molar refractivity (Wildman–Crippen MR) is 85.3 cm³/mol. The van der Waals surface area contributed by atoms with E-state index >= 15 is 0 Å². The molecule has 4 aliphatic rings. The summed E-state index contributed by atoms with van der Waals surface area (Å²) in [6.07, 6.45) is 15.0. The third-order valence-corrected chi connectivity index (χ3v) is 6.73. The summed E-state index contributed by atoms with van der Waals surface area (Å²) in [6.45, 7) is 1.65. The smallest absolute Gasteiger partial charge is 0.0614 e. The number of piperidine rings is 1. The quantitative estimate of drug-likeness (QED) is 0.836. The van der Waals surface area contributed by atoms with Crippen molar-refractivity contribution in [1.82, 2.24) is 10.2 Å². The second-order valence-corrected chi connectivity index (χ2v) is 8.25. The lowest BCUT2D eigenvalue weighted by molar-refractivity contribution is 0.0229. The minimum atomic E-state index is 0.0491. The summed E-state index contributed by atoms with van der Waals surface area (Å²) in [4.78, 5) is 2.87. The Hall–Kier alpha value is -0.120. The fourth-order valence-corrected chi connectivity index (χ4v) is 5.48. The molecule has 0 spiro atoms. The third-order valence-electron chi connectivity index (χ3n) is 6.73. The zero-order valence-electron chi connectivity index (χ0n) is 13.4. The van der Waals surface area contributed by atoms with Crippen LogP contribution in [0, 0.1) is 5.92 Å². The van der Waals surface area contributed by atoms with Crippen LogP contribution in [0.25, 0.3) is 0 Å². The number of nitrogens with one attached hydrogen (secondary N) is 1. The van der Waals surface area contributed by atoms with E-state index in [-0.39, 0.29) is 5.54 Å². The minimum Gasteiger partial charge on any atom is -0.394 e. The van der Waals surface area contributed by atoms with Crippen LogP contribution in [0.1, 0.15) is 70.6 Å². The molecule has 1 aliphatic heterocycles. The number of likely N-dealkylation sites (tertiary alicyclic amines) is 1. The number of hydrogen-bond donors (Lipinski definition) is 2. The van der Waals surface area contributed by atoms with Crippen molar-refractivity contribution in [3.05, 3.63) is 0 Å². The first-order valence-corrected chi connectivity index (χ1v) is 9.44. The van der Waals surface area contributed by atoms with Gasteiger partial charge in [-0.3, -0.25) is 4.90 Å². The standard InChI is InChI=1S/C18H32N2O/c21-13-18(19-15-7-8-15)10-9-16(12-18)20-11-3-5-14-4-1-2-6-17(14)20/h14-17,19,21H,1-13H2. The van der Waals surface area contributed by atoms with Gasteiger partial charge in [0.15, 0.2) is 0 Å². The van der Waals surface area contributed by atoms with Crippen molar-refractivity contribution in [3.63, 3.8) is 0 Å². The molecule has 1 heterocycles. The molecule has 0 aromatic rings. The van der Waals surface area contributed by atoms with E-state index < -0.39 is 0 Å². The van der Waals surface area contributed by atoms with Crippen molar-refractivity contribution >= 4 is 0 Å². The first-order valence-electron chi connectivity index (χ1n) is 9.44. The van der Waals surface area contributed by atoms with Crippen LogP contribution in [0.4, 0.5) is 0 Å². The number of aliphatic hydroxyl groups excluding tert-OH is 1. The van der Waals surface area contributed by atoms with Crippen LogP contribution < -0.4 is 5.32 Å². The molecule has 2 N–H and O–H groups in total. The van der Waals surface area contributed by atoms with E-state index in [1.54, 1.807) is 0 Å². The molecular weight excluding hydrogens is 260 g/mol. The molecule has 0 aromatic heterocycles. The van der Waals surface area contributed by atoms with Crippen LogP contribution >= 0.6 is 0 Å². The summed E-state index contributed by atoms with van der Waals surface area (Å²) in [7, 11) is 0. The van der Waals surface area contributed by atoms with Crippen LogP contribution in [-0.2, 0) is 0 Å². The SMILES string of the molecule is OCC1(NC2CC2)CCC(N2CCCC3CCCCC32)C1. The Labute approximate surface area is 129 Å². The first kappa shape index (κ1) is 14.5. The van der Waals surface area contributed by atoms with E-state index in [1.165, 1.54) is 77.2 Å². The zero-order chi connectivity index (χ0) is 14.3. The van der Waals surface area contributed by atoms with Crippen molar-refractivity contribution in [3.8, 4) is 0 Å². The van der Waals surface area contributed by atoms with Gasteiger partial charge in [0.1, 0.15) is 0 Å². The average Bonchev–Trinajstić information content (AvgIpc) is 3.24. The van der Waals surface area contributed by atoms with E-state index in [9.17, 15) is 5.11 Å². The van der Waals surface area contributed by atoms with Gasteiger partial charge in [-0.15, -0.1) is 0 Å². The predicted octanol–water partition coefficient (Wildman–Crippen LogP) is 2.68. The van der Waals surface area contributed by atoms with Crippen molar-refractivity contribution in [2.75, 3.05) is 13.2 Å². The summed E-state index contributed by atoms with van der Waals surface area (Å²) < 4.78 is 0. The number of rotatable bonds is 4. The molecule has 1 saturated heterocycles. The molecule has 0 aromatic carbocycles. The fourth-order valence-electron chi connectivity index (χ4n) is 5.48. The number of hydrogen-bond acceptors (Lipinski definition) is 3. The van der Waals surface area contributed by atoms with E-state index in [0.717, 1.165) is 18.0 Å². The van der Waals surface area contributed by atoms with E-state index in [1.807, 2.05) is 0 Å². The second kappa shape index (κ2) is 5.82. The molecule has 3 saturated carbocycles. The van der Waals surface area contributed by atoms with Crippen molar-refractivity contribution in [2.24, 2.45) is 5.92 Å². The topological polar surface area (TPSA) is 35.5 Å². The first-order chi connectivity index (χ1) is 10.3. The van der Waals surface area contributed by atoms with Gasteiger partial charge in [0.2, 0.25) is 0 Å². The fraction of sp³-hybridized carbons (Fsp3) is 1.00. The molecule has 0 bridgehead atoms. The maximum Gasteiger partial charge on any atom is 0.0614 e. The van der Waals surface area contributed by atoms with E-state index in [0.29, 0.717) is 12.6 Å². The molecule has 21 heavy (non-hydrogen) atoms. The molecule has 0 amide bonds. The third kappa shape index (κ3) is 2.89. The molecule has 3 aliphatic carbocycles. The van der Waals surface area contributed by atoms with Crippen molar-refractivity contribution in [1.29, 1.82) is 0 Å². The van der Waals surface area contributed by atoms with Gasteiger partial charge in [-0.2, -0.15) is 0 Å². The van der Waals surface area contributed by atoms with E-state index in [4.69, 9.17) is 0 Å². The lowest BCUT2D eigenvalue weighted by Gasteiger charge is -2.47. The summed E-state index contributed by atoms with van der Waals surface area (Å²) >= 11 is 0. The highest BCUT2D eigenvalue weighted by Crippen LogP contribution is 2.42. The molecular formula is C18H32N2O. The summed E-state index contributed by atoms with van der Waals surface area (Å²) in [6, 6.07) is 2.31. The Kier molecular flexibility index (Phi) is 4.01. The molecule has 4 atom stereocenters. The Morgan fingerprint density at radius 2 is 1.81 bits per heavy atom. The molecule has 4 unspecified atom stereocenters. The maximum atomic E-state index is 9.96. The van der Waals surface area contributed by atoms with Gasteiger partial charge in [-0.05, 0) is 70.3 Å². The van der Waals surface area contributed by atoms with Gasteiger partial charge in [0.05, 0.1) is 6.61 Å². The van der Waals surface area contributed by atoms with Gasteiger partial charge < -0.3 is 10.4 Å². The maximum absolute atomic E-state index is 9.96. The molecule has 3 nitrogen and oxygen atoms in total.